The van der Waals surface area contributed by atoms with Crippen LogP contribution in [0.1, 0.15) is 25.7 Å². The summed E-state index contributed by atoms with van der Waals surface area (Å²) in [5.74, 6) is -1.40. The average molecular weight is 311 g/mol. The van der Waals surface area contributed by atoms with E-state index in [9.17, 15) is 14.4 Å². The standard InChI is InChI=1S/C14H11ClO6/c1-7(16)20-14(21-8(2)17)11-6-19-12-4-3-9(15)5-10(12)13(11)18/h3-6,14H,1-2H3. The second kappa shape index (κ2) is 5.97. The molecule has 1 heterocycles. The summed E-state index contributed by atoms with van der Waals surface area (Å²) in [5, 5.41) is 0.549. The Labute approximate surface area is 124 Å². The van der Waals surface area contributed by atoms with Crippen molar-refractivity contribution in [2.75, 3.05) is 0 Å². The Bertz CT molecular complexity index is 748. The average Bonchev–Trinajstić information content (AvgIpc) is 2.38. The van der Waals surface area contributed by atoms with Gasteiger partial charge in [-0.25, -0.2) is 0 Å². The van der Waals surface area contributed by atoms with Crippen LogP contribution in [0, 0.1) is 0 Å². The third-order valence-corrected chi connectivity index (χ3v) is 2.80. The van der Waals surface area contributed by atoms with Crippen molar-refractivity contribution in [3.8, 4) is 0 Å². The Kier molecular flexibility index (Phi) is 4.28. The molecule has 110 valence electrons. The molecular formula is C14H11ClO6. The summed E-state index contributed by atoms with van der Waals surface area (Å²) >= 11 is 5.84. The van der Waals surface area contributed by atoms with Gasteiger partial charge >= 0.3 is 11.9 Å². The van der Waals surface area contributed by atoms with Crippen molar-refractivity contribution in [3.63, 3.8) is 0 Å². The number of halogens is 1. The molecule has 0 N–H and O–H groups in total. The first-order chi connectivity index (χ1) is 9.88. The summed E-state index contributed by atoms with van der Waals surface area (Å²) in [5.41, 5.74) is -0.279. The van der Waals surface area contributed by atoms with Crippen molar-refractivity contribution in [2.24, 2.45) is 0 Å². The lowest BCUT2D eigenvalue weighted by molar-refractivity contribution is -0.186. The van der Waals surface area contributed by atoms with Gasteiger partial charge in [-0.15, -0.1) is 0 Å². The van der Waals surface area contributed by atoms with Crippen LogP contribution in [-0.4, -0.2) is 11.9 Å². The van der Waals surface area contributed by atoms with E-state index in [2.05, 4.69) is 0 Å². The molecule has 0 bridgehead atoms. The molecule has 0 fully saturated rings. The van der Waals surface area contributed by atoms with E-state index >= 15 is 0 Å². The molecule has 0 amide bonds. The first-order valence-electron chi connectivity index (χ1n) is 5.94. The highest BCUT2D eigenvalue weighted by atomic mass is 35.5. The third kappa shape index (κ3) is 3.41. The Balaban J connectivity index is 2.57. The van der Waals surface area contributed by atoms with Crippen LogP contribution in [0.15, 0.2) is 33.7 Å². The van der Waals surface area contributed by atoms with Gasteiger partial charge in [0.2, 0.25) is 5.43 Å². The second-order valence-electron chi connectivity index (χ2n) is 4.21. The van der Waals surface area contributed by atoms with Gasteiger partial charge in [0, 0.05) is 18.9 Å². The van der Waals surface area contributed by atoms with E-state index in [4.69, 9.17) is 25.5 Å². The first kappa shape index (κ1) is 15.1. The van der Waals surface area contributed by atoms with Crippen LogP contribution < -0.4 is 5.43 Å². The fourth-order valence-corrected chi connectivity index (χ4v) is 1.91. The minimum absolute atomic E-state index is 0.102. The predicted molar refractivity (Wildman–Crippen MR) is 73.8 cm³/mol. The van der Waals surface area contributed by atoms with E-state index in [0.29, 0.717) is 10.6 Å². The van der Waals surface area contributed by atoms with E-state index in [1.807, 2.05) is 0 Å². The minimum atomic E-state index is -1.46. The molecule has 1 aromatic heterocycles. The number of rotatable bonds is 3. The molecule has 0 aliphatic heterocycles. The molecule has 7 heteroatoms. The van der Waals surface area contributed by atoms with Gasteiger partial charge in [0.05, 0.1) is 5.39 Å². The molecule has 0 aliphatic carbocycles. The minimum Gasteiger partial charge on any atom is -0.463 e. The smallest absolute Gasteiger partial charge is 0.305 e. The lowest BCUT2D eigenvalue weighted by Crippen LogP contribution is -2.21. The molecule has 2 aromatic rings. The van der Waals surface area contributed by atoms with Crippen molar-refractivity contribution >= 4 is 34.5 Å². The topological polar surface area (TPSA) is 82.8 Å². The van der Waals surface area contributed by atoms with E-state index in [-0.39, 0.29) is 10.9 Å². The monoisotopic (exact) mass is 310 g/mol. The maximum Gasteiger partial charge on any atom is 0.305 e. The summed E-state index contributed by atoms with van der Waals surface area (Å²) in [6, 6.07) is 4.53. The van der Waals surface area contributed by atoms with Crippen LogP contribution in [-0.2, 0) is 19.1 Å². The van der Waals surface area contributed by atoms with E-state index in [0.717, 1.165) is 20.1 Å². The summed E-state index contributed by atoms with van der Waals surface area (Å²) in [4.78, 5) is 34.5. The number of ether oxygens (including phenoxy) is 2. The Morgan fingerprint density at radius 2 is 1.81 bits per heavy atom. The third-order valence-electron chi connectivity index (χ3n) is 2.56. The van der Waals surface area contributed by atoms with Crippen LogP contribution in [0.4, 0.5) is 0 Å². The van der Waals surface area contributed by atoms with E-state index < -0.39 is 23.7 Å². The van der Waals surface area contributed by atoms with Gasteiger partial charge in [0.15, 0.2) is 0 Å². The molecule has 0 unspecified atom stereocenters. The number of carbonyl (C=O) groups is 2. The summed E-state index contributed by atoms with van der Waals surface area (Å²) in [6.07, 6.45) is -0.366. The highest BCUT2D eigenvalue weighted by Crippen LogP contribution is 2.22. The molecule has 0 aliphatic rings. The Hall–Kier alpha value is -2.34. The summed E-state index contributed by atoms with van der Waals surface area (Å²) in [7, 11) is 0. The normalized spacial score (nSPS) is 10.7. The van der Waals surface area contributed by atoms with Gasteiger partial charge in [-0.05, 0) is 18.2 Å². The molecular weight excluding hydrogens is 300 g/mol. The highest BCUT2D eigenvalue weighted by molar-refractivity contribution is 6.31. The van der Waals surface area contributed by atoms with Crippen molar-refractivity contribution in [2.45, 2.75) is 20.1 Å². The Morgan fingerprint density at radius 3 is 2.38 bits per heavy atom. The molecule has 0 atom stereocenters. The number of hydrogen-bond acceptors (Lipinski definition) is 6. The fraction of sp³-hybridized carbons (Fsp3) is 0.214. The SMILES string of the molecule is CC(=O)OC(OC(C)=O)c1coc2ccc(Cl)cc2c1=O. The first-order valence-corrected chi connectivity index (χ1v) is 6.31. The van der Waals surface area contributed by atoms with Gasteiger partial charge in [-0.2, -0.15) is 0 Å². The van der Waals surface area contributed by atoms with E-state index in [1.54, 1.807) is 6.07 Å². The second-order valence-corrected chi connectivity index (χ2v) is 4.65. The van der Waals surface area contributed by atoms with Crippen LogP contribution in [0.25, 0.3) is 11.0 Å². The van der Waals surface area contributed by atoms with Crippen LogP contribution in [0.3, 0.4) is 0 Å². The van der Waals surface area contributed by atoms with Crippen molar-refractivity contribution in [3.05, 3.63) is 45.3 Å². The van der Waals surface area contributed by atoms with Gasteiger partial charge in [-0.1, -0.05) is 11.6 Å². The lowest BCUT2D eigenvalue weighted by atomic mass is 10.1. The number of hydrogen-bond donors (Lipinski definition) is 0. The molecule has 6 nitrogen and oxygen atoms in total. The molecule has 0 saturated heterocycles. The Morgan fingerprint density at radius 1 is 1.19 bits per heavy atom. The van der Waals surface area contributed by atoms with Crippen molar-refractivity contribution in [1.29, 1.82) is 0 Å². The van der Waals surface area contributed by atoms with Crippen LogP contribution in [0.2, 0.25) is 5.02 Å². The summed E-state index contributed by atoms with van der Waals surface area (Å²) < 4.78 is 14.9. The van der Waals surface area contributed by atoms with Gasteiger partial charge in [-0.3, -0.25) is 14.4 Å². The maximum absolute atomic E-state index is 12.4. The highest BCUT2D eigenvalue weighted by Gasteiger charge is 2.23. The molecule has 0 saturated carbocycles. The number of benzene rings is 1. The van der Waals surface area contributed by atoms with Gasteiger partial charge in [0.25, 0.3) is 6.29 Å². The predicted octanol–water partition coefficient (Wildman–Crippen LogP) is 2.57. The summed E-state index contributed by atoms with van der Waals surface area (Å²) in [6.45, 7) is 2.27. The molecule has 0 spiro atoms. The van der Waals surface area contributed by atoms with Crippen molar-refractivity contribution < 1.29 is 23.5 Å². The number of esters is 2. The molecule has 21 heavy (non-hydrogen) atoms. The zero-order chi connectivity index (χ0) is 15.6. The maximum atomic E-state index is 12.4. The lowest BCUT2D eigenvalue weighted by Gasteiger charge is -2.16. The van der Waals surface area contributed by atoms with Crippen LogP contribution >= 0.6 is 11.6 Å². The largest absolute Gasteiger partial charge is 0.463 e. The van der Waals surface area contributed by atoms with Crippen LogP contribution in [0.5, 0.6) is 0 Å². The fourth-order valence-electron chi connectivity index (χ4n) is 1.73. The zero-order valence-electron chi connectivity index (χ0n) is 11.2. The molecule has 1 aromatic carbocycles. The van der Waals surface area contributed by atoms with E-state index in [1.165, 1.54) is 12.1 Å². The number of fused-ring (bicyclic) bond motifs is 1. The quantitative estimate of drug-likeness (QED) is 0.640. The van der Waals surface area contributed by atoms with Crippen molar-refractivity contribution in [1.82, 2.24) is 0 Å². The zero-order valence-corrected chi connectivity index (χ0v) is 12.0. The van der Waals surface area contributed by atoms with Gasteiger partial charge in [0.1, 0.15) is 17.4 Å². The molecule has 2 rings (SSSR count). The number of carbonyl (C=O) groups excluding carboxylic acids is 2. The van der Waals surface area contributed by atoms with Gasteiger partial charge < -0.3 is 13.9 Å². The molecule has 0 radical (unpaired) electrons.